The van der Waals surface area contributed by atoms with Gasteiger partial charge in [0.2, 0.25) is 0 Å². The quantitative estimate of drug-likeness (QED) is 0.616. The molecule has 0 aliphatic heterocycles. The maximum atomic E-state index is 11.3. The fraction of sp³-hybridized carbons (Fsp3) is 0.464. The van der Waals surface area contributed by atoms with Crippen molar-refractivity contribution in [2.45, 2.75) is 76.5 Å². The summed E-state index contributed by atoms with van der Waals surface area (Å²) in [6.07, 6.45) is 7.20. The largest absolute Gasteiger partial charge is 0.478 e. The van der Waals surface area contributed by atoms with Crippen LogP contribution in [0.5, 0.6) is 0 Å². The number of aromatic carboxylic acids is 1. The number of carbonyl (C=O) groups is 1. The molecular formula is C28H32O2. The molecule has 2 aromatic carbocycles. The first kappa shape index (κ1) is 19.6. The van der Waals surface area contributed by atoms with Crippen LogP contribution in [0, 0.1) is 12.8 Å². The summed E-state index contributed by atoms with van der Waals surface area (Å²) in [6.45, 7) is 11.9. The second-order valence-electron chi connectivity index (χ2n) is 11.1. The van der Waals surface area contributed by atoms with Crippen LogP contribution in [-0.2, 0) is 16.2 Å². The van der Waals surface area contributed by atoms with Crippen molar-refractivity contribution >= 4 is 11.5 Å². The first-order valence-corrected chi connectivity index (χ1v) is 11.3. The van der Waals surface area contributed by atoms with Gasteiger partial charge in [0.15, 0.2) is 0 Å². The van der Waals surface area contributed by atoms with Gasteiger partial charge in [0.25, 0.3) is 0 Å². The highest BCUT2D eigenvalue weighted by molar-refractivity contribution is 5.89. The highest BCUT2D eigenvalue weighted by Crippen LogP contribution is 2.68. The standard InChI is InChI=1S/C28H32O2/c1-17-14-21(15-23-24(17)27(4,5)13-12-26(23,2)3)28-16-20(28)10-11-22(28)18-6-8-19(9-7-18)25(29)30/h6-9,11,14-15,20H,10,12-13,16H2,1-5H3,(H,29,30). The van der Waals surface area contributed by atoms with Crippen LogP contribution in [0.1, 0.15) is 91.6 Å². The summed E-state index contributed by atoms with van der Waals surface area (Å²) in [5.41, 5.74) is 9.49. The number of rotatable bonds is 3. The molecule has 1 fully saturated rings. The third-order valence-electron chi connectivity index (χ3n) is 8.27. The van der Waals surface area contributed by atoms with Crippen LogP contribution in [0.25, 0.3) is 5.57 Å². The van der Waals surface area contributed by atoms with Crippen LogP contribution < -0.4 is 0 Å². The summed E-state index contributed by atoms with van der Waals surface area (Å²) in [5.74, 6) is -0.181. The van der Waals surface area contributed by atoms with E-state index < -0.39 is 5.97 Å². The Morgan fingerprint density at radius 3 is 2.30 bits per heavy atom. The zero-order valence-electron chi connectivity index (χ0n) is 18.8. The number of fused-ring (bicyclic) bond motifs is 2. The van der Waals surface area contributed by atoms with Crippen molar-refractivity contribution in [3.05, 3.63) is 75.9 Å². The summed E-state index contributed by atoms with van der Waals surface area (Å²) in [6, 6.07) is 12.5. The molecule has 30 heavy (non-hydrogen) atoms. The van der Waals surface area contributed by atoms with Crippen molar-refractivity contribution in [2.75, 3.05) is 0 Å². The Morgan fingerprint density at radius 2 is 1.67 bits per heavy atom. The Balaban J connectivity index is 1.62. The molecule has 2 heteroatoms. The van der Waals surface area contributed by atoms with Crippen molar-refractivity contribution in [2.24, 2.45) is 5.92 Å². The highest BCUT2D eigenvalue weighted by Gasteiger charge is 2.60. The normalized spacial score (nSPS) is 27.8. The van der Waals surface area contributed by atoms with Gasteiger partial charge in [0, 0.05) is 5.41 Å². The third kappa shape index (κ3) is 2.65. The molecule has 0 heterocycles. The van der Waals surface area contributed by atoms with Gasteiger partial charge in [-0.25, -0.2) is 4.79 Å². The van der Waals surface area contributed by atoms with Crippen molar-refractivity contribution in [1.82, 2.24) is 0 Å². The van der Waals surface area contributed by atoms with Crippen LogP contribution >= 0.6 is 0 Å². The molecule has 1 saturated carbocycles. The third-order valence-corrected chi connectivity index (χ3v) is 8.27. The van der Waals surface area contributed by atoms with Gasteiger partial charge in [0.1, 0.15) is 0 Å². The molecule has 2 nitrogen and oxygen atoms in total. The molecule has 0 bridgehead atoms. The number of aryl methyl sites for hydroxylation is 1. The Labute approximate surface area is 180 Å². The van der Waals surface area contributed by atoms with E-state index in [4.69, 9.17) is 0 Å². The van der Waals surface area contributed by atoms with E-state index >= 15 is 0 Å². The number of allylic oxidation sites excluding steroid dienone is 2. The minimum atomic E-state index is -0.865. The van der Waals surface area contributed by atoms with Crippen molar-refractivity contribution in [1.29, 1.82) is 0 Å². The van der Waals surface area contributed by atoms with E-state index in [0.29, 0.717) is 11.5 Å². The molecule has 0 aromatic heterocycles. The predicted octanol–water partition coefficient (Wildman–Crippen LogP) is 6.79. The van der Waals surface area contributed by atoms with Crippen LogP contribution in [0.15, 0.2) is 42.5 Å². The van der Waals surface area contributed by atoms with Crippen LogP contribution in [0.4, 0.5) is 0 Å². The summed E-state index contributed by atoms with van der Waals surface area (Å²) in [5, 5.41) is 9.25. The minimum Gasteiger partial charge on any atom is -0.478 e. The molecule has 1 N–H and O–H groups in total. The lowest BCUT2D eigenvalue weighted by Gasteiger charge is -2.43. The van der Waals surface area contributed by atoms with Gasteiger partial charge in [0.05, 0.1) is 5.56 Å². The van der Waals surface area contributed by atoms with E-state index in [-0.39, 0.29) is 16.2 Å². The molecule has 0 amide bonds. The van der Waals surface area contributed by atoms with Crippen LogP contribution in [0.3, 0.4) is 0 Å². The average Bonchev–Trinajstić information content (AvgIpc) is 3.30. The summed E-state index contributed by atoms with van der Waals surface area (Å²) < 4.78 is 0. The van der Waals surface area contributed by atoms with Crippen molar-refractivity contribution < 1.29 is 9.90 Å². The van der Waals surface area contributed by atoms with E-state index in [1.54, 1.807) is 23.3 Å². The second-order valence-corrected chi connectivity index (χ2v) is 11.1. The van der Waals surface area contributed by atoms with E-state index in [9.17, 15) is 9.90 Å². The van der Waals surface area contributed by atoms with Gasteiger partial charge in [-0.2, -0.15) is 0 Å². The Morgan fingerprint density at radius 1 is 1.00 bits per heavy atom. The van der Waals surface area contributed by atoms with Crippen LogP contribution in [0.2, 0.25) is 0 Å². The summed E-state index contributed by atoms with van der Waals surface area (Å²) in [7, 11) is 0. The van der Waals surface area contributed by atoms with Gasteiger partial charge in [-0.15, -0.1) is 0 Å². The lowest BCUT2D eigenvalue weighted by molar-refractivity contribution is 0.0697. The lowest BCUT2D eigenvalue weighted by Crippen LogP contribution is -2.35. The molecule has 3 aliphatic rings. The lowest BCUT2D eigenvalue weighted by atomic mass is 9.61. The summed E-state index contributed by atoms with van der Waals surface area (Å²) >= 11 is 0. The van der Waals surface area contributed by atoms with Gasteiger partial charge >= 0.3 is 5.97 Å². The van der Waals surface area contributed by atoms with E-state index in [2.05, 4.69) is 52.8 Å². The van der Waals surface area contributed by atoms with Gasteiger partial charge in [-0.1, -0.05) is 58.0 Å². The van der Waals surface area contributed by atoms with E-state index in [0.717, 1.165) is 6.42 Å². The van der Waals surface area contributed by atoms with Crippen molar-refractivity contribution in [3.63, 3.8) is 0 Å². The predicted molar refractivity (Wildman–Crippen MR) is 122 cm³/mol. The smallest absolute Gasteiger partial charge is 0.335 e. The fourth-order valence-corrected chi connectivity index (χ4v) is 6.42. The average molecular weight is 401 g/mol. The Hall–Kier alpha value is -2.35. The fourth-order valence-electron chi connectivity index (χ4n) is 6.42. The Bertz CT molecular complexity index is 1080. The SMILES string of the molecule is Cc1cc(C23CC2CC=C3c2ccc(C(=O)O)cc2)cc2c1C(C)(C)CCC2(C)C. The first-order chi connectivity index (χ1) is 14.1. The molecule has 5 rings (SSSR count). The second kappa shape index (κ2) is 6.09. The zero-order valence-corrected chi connectivity index (χ0v) is 18.8. The molecule has 0 saturated heterocycles. The highest BCUT2D eigenvalue weighted by atomic mass is 16.4. The van der Waals surface area contributed by atoms with E-state index in [1.807, 2.05) is 12.1 Å². The maximum absolute atomic E-state index is 11.3. The zero-order chi connectivity index (χ0) is 21.5. The molecule has 3 aliphatic carbocycles. The maximum Gasteiger partial charge on any atom is 0.335 e. The topological polar surface area (TPSA) is 37.3 Å². The van der Waals surface area contributed by atoms with Crippen molar-refractivity contribution in [3.8, 4) is 0 Å². The first-order valence-electron chi connectivity index (χ1n) is 11.3. The summed E-state index contributed by atoms with van der Waals surface area (Å²) in [4.78, 5) is 11.3. The van der Waals surface area contributed by atoms with Gasteiger partial charge in [-0.05, 0) is 94.9 Å². The molecule has 0 radical (unpaired) electrons. The number of benzene rings is 2. The van der Waals surface area contributed by atoms with Crippen LogP contribution in [-0.4, -0.2) is 11.1 Å². The molecule has 2 atom stereocenters. The Kier molecular flexibility index (Phi) is 3.98. The number of hydrogen-bond acceptors (Lipinski definition) is 1. The number of carboxylic acids is 1. The number of carboxylic acid groups (broad SMARTS) is 1. The molecule has 0 spiro atoms. The minimum absolute atomic E-state index is 0.113. The molecule has 156 valence electrons. The van der Waals surface area contributed by atoms with Gasteiger partial charge in [-0.3, -0.25) is 0 Å². The molecule has 2 unspecified atom stereocenters. The molecular weight excluding hydrogens is 368 g/mol. The monoisotopic (exact) mass is 400 g/mol. The molecule has 2 aromatic rings. The van der Waals surface area contributed by atoms with E-state index in [1.165, 1.54) is 41.5 Å². The number of hydrogen-bond donors (Lipinski definition) is 1. The van der Waals surface area contributed by atoms with Gasteiger partial charge < -0.3 is 5.11 Å².